The molecule has 0 aliphatic carbocycles. The summed E-state index contributed by atoms with van der Waals surface area (Å²) in [6, 6.07) is 13.1. The highest BCUT2D eigenvalue weighted by Gasteiger charge is 2.14. The fourth-order valence-electron chi connectivity index (χ4n) is 2.34. The molecule has 0 fully saturated rings. The number of nitriles is 1. The molecule has 5 heteroatoms. The number of rotatable bonds is 6. The number of benzene rings is 1. The van der Waals surface area contributed by atoms with Gasteiger partial charge < -0.3 is 9.80 Å². The molecule has 0 aliphatic heterocycles. The summed E-state index contributed by atoms with van der Waals surface area (Å²) in [6.45, 7) is 4.23. The van der Waals surface area contributed by atoms with E-state index in [2.05, 4.69) is 9.88 Å². The Bertz CT molecular complexity index is 715. The highest BCUT2D eigenvalue weighted by molar-refractivity contribution is 5.94. The molecular weight excluding hydrogens is 300 g/mol. The Labute approximate surface area is 143 Å². The zero-order valence-electron chi connectivity index (χ0n) is 14.4. The Hall–Kier alpha value is -2.71. The summed E-state index contributed by atoms with van der Waals surface area (Å²) in [4.78, 5) is 20.6. The lowest BCUT2D eigenvalue weighted by Gasteiger charge is -2.23. The number of hydrogen-bond acceptors (Lipinski definition) is 4. The van der Waals surface area contributed by atoms with Crippen LogP contribution in [0.2, 0.25) is 0 Å². The van der Waals surface area contributed by atoms with Crippen molar-refractivity contribution in [3.63, 3.8) is 0 Å². The second-order valence-electron chi connectivity index (χ2n) is 5.81. The molecule has 0 atom stereocenters. The highest BCUT2D eigenvalue weighted by atomic mass is 16.2. The first-order chi connectivity index (χ1) is 11.5. The second-order valence-corrected chi connectivity index (χ2v) is 5.81. The predicted molar refractivity (Wildman–Crippen MR) is 94.5 cm³/mol. The van der Waals surface area contributed by atoms with E-state index in [0.717, 1.165) is 17.7 Å². The van der Waals surface area contributed by atoms with Crippen molar-refractivity contribution in [2.24, 2.45) is 0 Å². The fourth-order valence-corrected chi connectivity index (χ4v) is 2.34. The lowest BCUT2D eigenvalue weighted by atomic mass is 10.0. The summed E-state index contributed by atoms with van der Waals surface area (Å²) in [7, 11) is 4.00. The molecule has 24 heavy (non-hydrogen) atoms. The molecule has 0 radical (unpaired) electrons. The quantitative estimate of drug-likeness (QED) is 0.820. The van der Waals surface area contributed by atoms with Gasteiger partial charge in [0.05, 0.1) is 0 Å². The van der Waals surface area contributed by atoms with Crippen molar-refractivity contribution in [1.29, 1.82) is 5.26 Å². The number of hydrogen-bond donors (Lipinski definition) is 0. The smallest absolute Gasteiger partial charge is 0.253 e. The molecule has 0 aliphatic rings. The van der Waals surface area contributed by atoms with Crippen molar-refractivity contribution >= 4 is 5.91 Å². The van der Waals surface area contributed by atoms with E-state index in [0.29, 0.717) is 24.3 Å². The van der Waals surface area contributed by atoms with Crippen LogP contribution in [0.4, 0.5) is 0 Å². The van der Waals surface area contributed by atoms with Crippen molar-refractivity contribution in [1.82, 2.24) is 14.8 Å². The zero-order chi connectivity index (χ0) is 17.5. The summed E-state index contributed by atoms with van der Waals surface area (Å²) in [5.74, 6) is 0.0452. The molecule has 2 rings (SSSR count). The number of nitrogens with zero attached hydrogens (tertiary/aromatic N) is 4. The van der Waals surface area contributed by atoms with Gasteiger partial charge in [0.2, 0.25) is 0 Å². The van der Waals surface area contributed by atoms with Crippen molar-refractivity contribution in [2.45, 2.75) is 6.92 Å². The van der Waals surface area contributed by atoms with Crippen LogP contribution >= 0.6 is 0 Å². The number of pyridine rings is 1. The van der Waals surface area contributed by atoms with Gasteiger partial charge in [0.25, 0.3) is 5.91 Å². The molecular formula is C19H22N4O. The standard InChI is InChI=1S/C19H22N4O/c1-4-23(12-11-22(2)3)19(24)16-7-5-15(6-8-16)17-9-10-18(13-20)21-14-17/h5-10,14H,4,11-12H2,1-3H3. The third-order valence-corrected chi connectivity index (χ3v) is 3.83. The van der Waals surface area contributed by atoms with E-state index in [4.69, 9.17) is 5.26 Å². The Morgan fingerprint density at radius 3 is 2.25 bits per heavy atom. The summed E-state index contributed by atoms with van der Waals surface area (Å²) in [6.07, 6.45) is 1.67. The first kappa shape index (κ1) is 17.6. The average molecular weight is 322 g/mol. The molecule has 5 nitrogen and oxygen atoms in total. The number of likely N-dealkylation sites (N-methyl/N-ethyl adjacent to an activating group) is 2. The molecule has 1 aromatic heterocycles. The Morgan fingerprint density at radius 1 is 1.08 bits per heavy atom. The summed E-state index contributed by atoms with van der Waals surface area (Å²) >= 11 is 0. The molecule has 1 amide bonds. The Balaban J connectivity index is 2.12. The molecule has 0 saturated carbocycles. The van der Waals surface area contributed by atoms with E-state index < -0.39 is 0 Å². The molecule has 1 heterocycles. The van der Waals surface area contributed by atoms with Gasteiger partial charge in [0, 0.05) is 37.0 Å². The maximum absolute atomic E-state index is 12.6. The fraction of sp³-hybridized carbons (Fsp3) is 0.316. The van der Waals surface area contributed by atoms with Gasteiger partial charge in [-0.15, -0.1) is 0 Å². The monoisotopic (exact) mass is 322 g/mol. The molecule has 2 aromatic rings. The lowest BCUT2D eigenvalue weighted by Crippen LogP contribution is -2.36. The molecule has 0 bridgehead atoms. The number of carbonyl (C=O) groups is 1. The van der Waals surface area contributed by atoms with Gasteiger partial charge >= 0.3 is 0 Å². The van der Waals surface area contributed by atoms with Crippen LogP contribution in [0.15, 0.2) is 42.6 Å². The zero-order valence-corrected chi connectivity index (χ0v) is 14.4. The first-order valence-electron chi connectivity index (χ1n) is 7.95. The SMILES string of the molecule is CCN(CCN(C)C)C(=O)c1ccc(-c2ccc(C#N)nc2)cc1. The molecule has 0 N–H and O–H groups in total. The molecule has 0 spiro atoms. The largest absolute Gasteiger partial charge is 0.338 e. The van der Waals surface area contributed by atoms with Gasteiger partial charge in [-0.05, 0) is 50.8 Å². The van der Waals surface area contributed by atoms with E-state index in [1.165, 1.54) is 0 Å². The second kappa shape index (κ2) is 8.23. The topological polar surface area (TPSA) is 60.2 Å². The summed E-state index contributed by atoms with van der Waals surface area (Å²) < 4.78 is 0. The van der Waals surface area contributed by atoms with Crippen LogP contribution in [0, 0.1) is 11.3 Å². The average Bonchev–Trinajstić information content (AvgIpc) is 2.62. The number of carbonyl (C=O) groups excluding carboxylic acids is 1. The third-order valence-electron chi connectivity index (χ3n) is 3.83. The van der Waals surface area contributed by atoms with Crippen molar-refractivity contribution in [2.75, 3.05) is 33.7 Å². The van der Waals surface area contributed by atoms with Crippen LogP contribution in [0.5, 0.6) is 0 Å². The number of amides is 1. The van der Waals surface area contributed by atoms with Crippen LogP contribution in [0.3, 0.4) is 0 Å². The highest BCUT2D eigenvalue weighted by Crippen LogP contribution is 2.19. The predicted octanol–water partition coefficient (Wildman–Crippen LogP) is 2.64. The number of aromatic nitrogens is 1. The minimum absolute atomic E-state index is 0.0452. The van der Waals surface area contributed by atoms with Gasteiger partial charge in [-0.3, -0.25) is 4.79 Å². The summed E-state index contributed by atoms with van der Waals surface area (Å²) in [5.41, 5.74) is 2.97. The maximum Gasteiger partial charge on any atom is 0.253 e. The Morgan fingerprint density at radius 2 is 1.75 bits per heavy atom. The summed E-state index contributed by atoms with van der Waals surface area (Å²) in [5, 5.41) is 8.79. The van der Waals surface area contributed by atoms with E-state index in [-0.39, 0.29) is 5.91 Å². The van der Waals surface area contributed by atoms with Crippen molar-refractivity contribution in [3.05, 3.63) is 53.9 Å². The van der Waals surface area contributed by atoms with Crippen LogP contribution in [0.25, 0.3) is 11.1 Å². The third kappa shape index (κ3) is 4.40. The van der Waals surface area contributed by atoms with Gasteiger partial charge in [-0.25, -0.2) is 4.98 Å². The van der Waals surface area contributed by atoms with Gasteiger partial charge in [0.1, 0.15) is 11.8 Å². The normalized spacial score (nSPS) is 10.5. The van der Waals surface area contributed by atoms with Crippen LogP contribution in [-0.4, -0.2) is 54.4 Å². The van der Waals surface area contributed by atoms with Gasteiger partial charge in [-0.1, -0.05) is 12.1 Å². The van der Waals surface area contributed by atoms with E-state index in [1.54, 1.807) is 12.3 Å². The molecule has 1 aromatic carbocycles. The van der Waals surface area contributed by atoms with Crippen molar-refractivity contribution in [3.8, 4) is 17.2 Å². The lowest BCUT2D eigenvalue weighted by molar-refractivity contribution is 0.0754. The van der Waals surface area contributed by atoms with E-state index in [9.17, 15) is 4.79 Å². The minimum Gasteiger partial charge on any atom is -0.338 e. The van der Waals surface area contributed by atoms with Crippen LogP contribution in [0.1, 0.15) is 23.0 Å². The van der Waals surface area contributed by atoms with Crippen LogP contribution < -0.4 is 0 Å². The maximum atomic E-state index is 12.6. The first-order valence-corrected chi connectivity index (χ1v) is 7.95. The molecule has 0 saturated heterocycles. The van der Waals surface area contributed by atoms with E-state index in [1.807, 2.05) is 62.3 Å². The molecule has 0 unspecified atom stereocenters. The molecule has 124 valence electrons. The van der Waals surface area contributed by atoms with Gasteiger partial charge in [-0.2, -0.15) is 5.26 Å². The van der Waals surface area contributed by atoms with Crippen LogP contribution in [-0.2, 0) is 0 Å². The minimum atomic E-state index is 0.0452. The van der Waals surface area contributed by atoms with Crippen molar-refractivity contribution < 1.29 is 4.79 Å². The Kier molecular flexibility index (Phi) is 6.05. The van der Waals surface area contributed by atoms with Gasteiger partial charge in [0.15, 0.2) is 0 Å². The van der Waals surface area contributed by atoms with E-state index >= 15 is 0 Å².